The second kappa shape index (κ2) is 8.58. The minimum absolute atomic E-state index is 0.00619. The predicted molar refractivity (Wildman–Crippen MR) is 104 cm³/mol. The van der Waals surface area contributed by atoms with Crippen LogP contribution in [0.4, 0.5) is 5.69 Å². The predicted octanol–water partition coefficient (Wildman–Crippen LogP) is 3.33. The number of aliphatic carboxylic acids is 1. The average molecular weight is 371 g/mol. The van der Waals surface area contributed by atoms with Gasteiger partial charge in [0.1, 0.15) is 12.3 Å². The first kappa shape index (κ1) is 20.3. The molecule has 1 aliphatic carbocycles. The number of methoxy groups -OCH3 is 1. The second-order valence-corrected chi connectivity index (χ2v) is 6.67. The SMILES string of the molecule is C=O.COc1ccc(NC2(C(=O)O)Cc3ccccc3C2)cc1OC(C)C. The molecule has 0 saturated heterocycles. The molecule has 3 rings (SSSR count). The molecular weight excluding hydrogens is 346 g/mol. The van der Waals surface area contributed by atoms with E-state index in [1.165, 1.54) is 0 Å². The van der Waals surface area contributed by atoms with Crippen molar-refractivity contribution in [2.75, 3.05) is 12.4 Å². The van der Waals surface area contributed by atoms with Gasteiger partial charge in [-0.05, 0) is 37.1 Å². The quantitative estimate of drug-likeness (QED) is 0.810. The highest BCUT2D eigenvalue weighted by Crippen LogP contribution is 2.36. The smallest absolute Gasteiger partial charge is 0.330 e. The maximum absolute atomic E-state index is 12.1. The van der Waals surface area contributed by atoms with Crippen molar-refractivity contribution in [2.45, 2.75) is 38.3 Å². The molecule has 1 aliphatic rings. The first-order valence-corrected chi connectivity index (χ1v) is 8.65. The summed E-state index contributed by atoms with van der Waals surface area (Å²) in [5.74, 6) is 0.364. The summed E-state index contributed by atoms with van der Waals surface area (Å²) >= 11 is 0. The van der Waals surface area contributed by atoms with Crippen LogP contribution in [0.1, 0.15) is 25.0 Å². The van der Waals surface area contributed by atoms with Gasteiger partial charge in [0, 0.05) is 24.6 Å². The number of anilines is 1. The Morgan fingerprint density at radius 2 is 1.70 bits per heavy atom. The van der Waals surface area contributed by atoms with Crippen LogP contribution in [0, 0.1) is 0 Å². The molecule has 2 N–H and O–H groups in total. The lowest BCUT2D eigenvalue weighted by atomic mass is 9.95. The van der Waals surface area contributed by atoms with Gasteiger partial charge in [0.05, 0.1) is 13.2 Å². The Morgan fingerprint density at radius 3 is 2.19 bits per heavy atom. The first-order valence-electron chi connectivity index (χ1n) is 8.65. The van der Waals surface area contributed by atoms with Crippen molar-refractivity contribution in [1.29, 1.82) is 0 Å². The van der Waals surface area contributed by atoms with Crippen molar-refractivity contribution in [3.8, 4) is 11.5 Å². The van der Waals surface area contributed by atoms with Crippen molar-refractivity contribution >= 4 is 18.4 Å². The molecule has 0 spiro atoms. The largest absolute Gasteiger partial charge is 0.493 e. The van der Waals surface area contributed by atoms with Gasteiger partial charge in [-0.3, -0.25) is 0 Å². The average Bonchev–Trinajstić information content (AvgIpc) is 3.02. The number of fused-ring (bicyclic) bond motifs is 1. The summed E-state index contributed by atoms with van der Waals surface area (Å²) in [5.41, 5.74) is 1.80. The van der Waals surface area contributed by atoms with Gasteiger partial charge in [0.15, 0.2) is 11.5 Å². The van der Waals surface area contributed by atoms with E-state index in [0.717, 1.165) is 11.1 Å². The van der Waals surface area contributed by atoms with Gasteiger partial charge in [-0.2, -0.15) is 0 Å². The fourth-order valence-corrected chi connectivity index (χ4v) is 3.29. The molecule has 27 heavy (non-hydrogen) atoms. The lowest BCUT2D eigenvalue weighted by Crippen LogP contribution is -2.47. The minimum atomic E-state index is -1.05. The molecule has 0 heterocycles. The highest BCUT2D eigenvalue weighted by molar-refractivity contribution is 5.85. The van der Waals surface area contributed by atoms with Gasteiger partial charge in [-0.15, -0.1) is 0 Å². The van der Waals surface area contributed by atoms with Crippen molar-refractivity contribution in [1.82, 2.24) is 0 Å². The highest BCUT2D eigenvalue weighted by atomic mass is 16.5. The van der Waals surface area contributed by atoms with Crippen LogP contribution in [-0.2, 0) is 22.4 Å². The number of nitrogens with one attached hydrogen (secondary N) is 1. The van der Waals surface area contributed by atoms with Gasteiger partial charge in [0.2, 0.25) is 0 Å². The van der Waals surface area contributed by atoms with Gasteiger partial charge in [0.25, 0.3) is 0 Å². The summed E-state index contributed by atoms with van der Waals surface area (Å²) in [6, 6.07) is 13.3. The zero-order chi connectivity index (χ0) is 20.0. The van der Waals surface area contributed by atoms with E-state index < -0.39 is 11.5 Å². The van der Waals surface area contributed by atoms with Crippen molar-refractivity contribution in [2.24, 2.45) is 0 Å². The zero-order valence-corrected chi connectivity index (χ0v) is 15.8. The number of carboxylic acids is 1. The molecule has 0 atom stereocenters. The third kappa shape index (κ3) is 4.39. The standard InChI is InChI=1S/C20H23NO4.CH2O/c1-13(2)25-18-10-16(8-9-17(18)24-3)21-20(19(22)23)11-14-6-4-5-7-15(14)12-20;1-2/h4-10,13,21H,11-12H2,1-3H3,(H,22,23);1H2. The monoisotopic (exact) mass is 371 g/mol. The maximum Gasteiger partial charge on any atom is 0.330 e. The van der Waals surface area contributed by atoms with Crippen molar-refractivity contribution in [3.63, 3.8) is 0 Å². The molecule has 144 valence electrons. The van der Waals surface area contributed by atoms with E-state index in [0.29, 0.717) is 30.0 Å². The first-order chi connectivity index (χ1) is 12.9. The van der Waals surface area contributed by atoms with Crippen LogP contribution in [0.3, 0.4) is 0 Å². The van der Waals surface area contributed by atoms with E-state index in [2.05, 4.69) is 5.32 Å². The molecule has 0 unspecified atom stereocenters. The molecule has 0 saturated carbocycles. The Hall–Kier alpha value is -3.02. The van der Waals surface area contributed by atoms with Crippen LogP contribution in [0.2, 0.25) is 0 Å². The van der Waals surface area contributed by atoms with E-state index in [1.54, 1.807) is 19.2 Å². The Labute approximate surface area is 159 Å². The second-order valence-electron chi connectivity index (χ2n) is 6.67. The minimum Gasteiger partial charge on any atom is -0.493 e. The molecule has 0 aromatic heterocycles. The van der Waals surface area contributed by atoms with Crippen LogP contribution < -0.4 is 14.8 Å². The molecule has 2 aromatic carbocycles. The number of carbonyl (C=O) groups excluding carboxylic acids is 1. The Balaban J connectivity index is 0.00000126. The van der Waals surface area contributed by atoms with Gasteiger partial charge in [-0.25, -0.2) is 4.79 Å². The molecule has 0 fully saturated rings. The number of hydrogen-bond acceptors (Lipinski definition) is 5. The van der Waals surface area contributed by atoms with E-state index in [-0.39, 0.29) is 6.10 Å². The van der Waals surface area contributed by atoms with E-state index in [9.17, 15) is 9.90 Å². The number of carbonyl (C=O) groups is 2. The Kier molecular flexibility index (Phi) is 6.45. The maximum atomic E-state index is 12.1. The summed E-state index contributed by atoms with van der Waals surface area (Å²) < 4.78 is 11.1. The molecule has 6 nitrogen and oxygen atoms in total. The topological polar surface area (TPSA) is 84.9 Å². The zero-order valence-electron chi connectivity index (χ0n) is 15.8. The summed E-state index contributed by atoms with van der Waals surface area (Å²) in [5, 5.41) is 13.1. The normalized spacial score (nSPS) is 13.9. The molecule has 0 bridgehead atoms. The third-order valence-corrected chi connectivity index (χ3v) is 4.42. The number of hydrogen-bond donors (Lipinski definition) is 2. The molecule has 0 amide bonds. The van der Waals surface area contributed by atoms with E-state index >= 15 is 0 Å². The molecule has 0 aliphatic heterocycles. The van der Waals surface area contributed by atoms with Crippen LogP contribution in [0.25, 0.3) is 0 Å². The lowest BCUT2D eigenvalue weighted by Gasteiger charge is -2.27. The number of carboxylic acid groups (broad SMARTS) is 1. The van der Waals surface area contributed by atoms with E-state index in [1.807, 2.05) is 51.0 Å². The summed E-state index contributed by atoms with van der Waals surface area (Å²) in [6.45, 7) is 5.87. The highest BCUT2D eigenvalue weighted by Gasteiger charge is 2.44. The number of ether oxygens (including phenoxy) is 2. The third-order valence-electron chi connectivity index (χ3n) is 4.42. The van der Waals surface area contributed by atoms with Crippen molar-refractivity contribution < 1.29 is 24.2 Å². The number of benzene rings is 2. The van der Waals surface area contributed by atoms with Crippen LogP contribution >= 0.6 is 0 Å². The fourth-order valence-electron chi connectivity index (χ4n) is 3.29. The number of rotatable bonds is 6. The summed E-state index contributed by atoms with van der Waals surface area (Å²) in [6.07, 6.45) is 0.892. The lowest BCUT2D eigenvalue weighted by molar-refractivity contribution is -0.142. The molecule has 0 radical (unpaired) electrons. The summed E-state index contributed by atoms with van der Waals surface area (Å²) in [7, 11) is 1.59. The Morgan fingerprint density at radius 1 is 1.11 bits per heavy atom. The van der Waals surface area contributed by atoms with Crippen LogP contribution in [-0.4, -0.2) is 36.6 Å². The fraction of sp³-hybridized carbons (Fsp3) is 0.333. The van der Waals surface area contributed by atoms with E-state index in [4.69, 9.17) is 14.3 Å². The van der Waals surface area contributed by atoms with Gasteiger partial charge in [-0.1, -0.05) is 24.3 Å². The van der Waals surface area contributed by atoms with Gasteiger partial charge >= 0.3 is 5.97 Å². The molecular formula is C21H25NO5. The van der Waals surface area contributed by atoms with Gasteiger partial charge < -0.3 is 24.7 Å². The summed E-state index contributed by atoms with van der Waals surface area (Å²) in [4.78, 5) is 20.1. The Bertz CT molecular complexity index is 778. The molecule has 6 heteroatoms. The molecule has 2 aromatic rings. The van der Waals surface area contributed by atoms with Crippen LogP contribution in [0.5, 0.6) is 11.5 Å². The van der Waals surface area contributed by atoms with Crippen LogP contribution in [0.15, 0.2) is 42.5 Å². The van der Waals surface area contributed by atoms with Crippen molar-refractivity contribution in [3.05, 3.63) is 53.6 Å².